The highest BCUT2D eigenvalue weighted by molar-refractivity contribution is 5.87. The molecule has 2 aromatic rings. The van der Waals surface area contributed by atoms with Gasteiger partial charge in [0.25, 0.3) is 5.56 Å². The summed E-state index contributed by atoms with van der Waals surface area (Å²) in [6.45, 7) is 6.20. The second kappa shape index (κ2) is 10.9. The third kappa shape index (κ3) is 5.43. The lowest BCUT2D eigenvalue weighted by Gasteiger charge is -2.34. The smallest absolute Gasteiger partial charge is 0.269 e. The van der Waals surface area contributed by atoms with E-state index in [4.69, 9.17) is 10.00 Å². The number of H-pyrrole nitrogens is 1. The van der Waals surface area contributed by atoms with E-state index >= 15 is 0 Å². The van der Waals surface area contributed by atoms with Gasteiger partial charge in [0.05, 0.1) is 36.7 Å². The largest absolute Gasteiger partial charge is 0.375 e. The van der Waals surface area contributed by atoms with Crippen LogP contribution in [0.5, 0.6) is 0 Å². The maximum Gasteiger partial charge on any atom is 0.269 e. The van der Waals surface area contributed by atoms with Crippen molar-refractivity contribution in [2.75, 3.05) is 55.7 Å². The number of aromatic nitrogens is 3. The second-order valence-electron chi connectivity index (χ2n) is 8.47. The number of nitrogens with one attached hydrogen (secondary N) is 1. The van der Waals surface area contributed by atoms with Gasteiger partial charge in [-0.3, -0.25) is 9.59 Å². The number of nitrogens with zero attached hydrogens (tertiary/aromatic N) is 6. The molecule has 1 amide bonds. The van der Waals surface area contributed by atoms with Gasteiger partial charge in [-0.2, -0.15) is 10.4 Å². The summed E-state index contributed by atoms with van der Waals surface area (Å²) in [5.74, 6) is 0.797. The Morgan fingerprint density at radius 3 is 2.82 bits per heavy atom. The summed E-state index contributed by atoms with van der Waals surface area (Å²) in [6, 6.07) is 5.85. The van der Waals surface area contributed by atoms with E-state index in [1.54, 1.807) is 37.5 Å². The number of carbonyl (C=O) groups is 1. The minimum Gasteiger partial charge on any atom is -0.375 e. The molecule has 2 saturated heterocycles. The number of ether oxygens (including phenoxy) is 1. The van der Waals surface area contributed by atoms with Crippen molar-refractivity contribution in [1.82, 2.24) is 20.1 Å². The van der Waals surface area contributed by atoms with E-state index < -0.39 is 0 Å². The third-order valence-corrected chi connectivity index (χ3v) is 6.34. The van der Waals surface area contributed by atoms with Gasteiger partial charge in [-0.05, 0) is 31.9 Å². The van der Waals surface area contributed by atoms with E-state index in [-0.39, 0.29) is 17.5 Å². The molecule has 2 aromatic heterocycles. The van der Waals surface area contributed by atoms with Crippen molar-refractivity contribution in [3.8, 4) is 6.07 Å². The molecule has 10 nitrogen and oxygen atoms in total. The lowest BCUT2D eigenvalue weighted by atomic mass is 10.2. The summed E-state index contributed by atoms with van der Waals surface area (Å²) >= 11 is 0. The molecule has 34 heavy (non-hydrogen) atoms. The number of hydrogen-bond donors (Lipinski definition) is 1. The van der Waals surface area contributed by atoms with Crippen molar-refractivity contribution in [3.63, 3.8) is 0 Å². The first-order valence-electron chi connectivity index (χ1n) is 11.5. The Labute approximate surface area is 198 Å². The summed E-state index contributed by atoms with van der Waals surface area (Å²) < 4.78 is 5.83. The van der Waals surface area contributed by atoms with Gasteiger partial charge >= 0.3 is 0 Å². The number of rotatable bonds is 7. The molecular weight excluding hydrogens is 434 g/mol. The van der Waals surface area contributed by atoms with Crippen LogP contribution in [-0.4, -0.2) is 78.0 Å². The van der Waals surface area contributed by atoms with E-state index in [0.29, 0.717) is 50.5 Å². The zero-order valence-corrected chi connectivity index (χ0v) is 19.3. The molecule has 0 radical (unpaired) electrons. The number of aromatic amines is 1. The number of anilines is 2. The van der Waals surface area contributed by atoms with Gasteiger partial charge in [0.15, 0.2) is 0 Å². The minimum atomic E-state index is -0.167. The molecule has 4 heterocycles. The predicted octanol–water partition coefficient (Wildman–Crippen LogP) is 1.24. The molecule has 2 aliphatic rings. The second-order valence-corrected chi connectivity index (χ2v) is 8.47. The van der Waals surface area contributed by atoms with E-state index in [1.165, 1.54) is 0 Å². The van der Waals surface area contributed by atoms with Gasteiger partial charge in [0.2, 0.25) is 5.91 Å². The lowest BCUT2D eigenvalue weighted by molar-refractivity contribution is -0.126. The van der Waals surface area contributed by atoms with Crippen LogP contribution >= 0.6 is 0 Å². The predicted molar refractivity (Wildman–Crippen MR) is 128 cm³/mol. The van der Waals surface area contributed by atoms with E-state index in [0.717, 1.165) is 30.9 Å². The maximum atomic E-state index is 12.5. The molecule has 0 unspecified atom stereocenters. The quantitative estimate of drug-likeness (QED) is 0.481. The normalized spacial score (nSPS) is 18.5. The highest BCUT2D eigenvalue weighted by Crippen LogP contribution is 2.26. The van der Waals surface area contributed by atoms with Crippen LogP contribution in [0.25, 0.3) is 0 Å². The highest BCUT2D eigenvalue weighted by Gasteiger charge is 2.27. The molecule has 1 N–H and O–H groups in total. The fourth-order valence-electron chi connectivity index (χ4n) is 4.39. The average Bonchev–Trinajstić information content (AvgIpc) is 3.34. The Morgan fingerprint density at radius 2 is 2.09 bits per heavy atom. The summed E-state index contributed by atoms with van der Waals surface area (Å²) in [7, 11) is 0. The van der Waals surface area contributed by atoms with Crippen LogP contribution in [0.2, 0.25) is 0 Å². The first kappa shape index (κ1) is 23.4. The van der Waals surface area contributed by atoms with Crippen LogP contribution in [0, 0.1) is 18.3 Å². The van der Waals surface area contributed by atoms with Crippen molar-refractivity contribution in [3.05, 3.63) is 58.2 Å². The summed E-state index contributed by atoms with van der Waals surface area (Å²) in [4.78, 5) is 34.8. The van der Waals surface area contributed by atoms with Crippen LogP contribution < -0.4 is 15.4 Å². The molecule has 2 fully saturated rings. The minimum absolute atomic E-state index is 0.0243. The van der Waals surface area contributed by atoms with Crippen molar-refractivity contribution in [2.45, 2.75) is 25.8 Å². The first-order chi connectivity index (χ1) is 16.6. The molecule has 0 saturated carbocycles. The van der Waals surface area contributed by atoms with Gasteiger partial charge in [-0.1, -0.05) is 6.08 Å². The Morgan fingerprint density at radius 1 is 1.26 bits per heavy atom. The van der Waals surface area contributed by atoms with Crippen LogP contribution in [0.3, 0.4) is 0 Å². The standard InChI is InChI=1S/C24H29N7O3/c1-18-21(16-27-28-24(18)33)31-8-2-4-20(31)17-34-13-3-5-23(32)30-11-9-29(10-12-30)22-7-6-19(14-25)15-26-22/h3,5-7,15-16,20H,2,4,8-13,17H2,1H3,(H,28,33)/b5-3+/t20-/m0/s1. The number of nitriles is 1. The molecule has 0 bridgehead atoms. The molecule has 10 heteroatoms. The Kier molecular flexibility index (Phi) is 7.54. The monoisotopic (exact) mass is 463 g/mol. The van der Waals surface area contributed by atoms with Crippen molar-refractivity contribution in [1.29, 1.82) is 5.26 Å². The van der Waals surface area contributed by atoms with Gasteiger partial charge < -0.3 is 19.4 Å². The van der Waals surface area contributed by atoms with Crippen LogP contribution in [0.1, 0.15) is 24.0 Å². The van der Waals surface area contributed by atoms with E-state index in [1.807, 2.05) is 11.0 Å². The van der Waals surface area contributed by atoms with E-state index in [9.17, 15) is 9.59 Å². The molecule has 1 atom stereocenters. The topological polar surface area (TPSA) is 118 Å². The van der Waals surface area contributed by atoms with Crippen LogP contribution in [0.15, 0.2) is 41.5 Å². The summed E-state index contributed by atoms with van der Waals surface area (Å²) in [6.07, 6.45) is 8.64. The zero-order valence-electron chi connectivity index (χ0n) is 19.3. The SMILES string of the molecule is Cc1c(N2CCC[C@H]2COC/C=C/C(=O)N2CCN(c3ccc(C#N)cn3)CC2)cn[nH]c1=O. The highest BCUT2D eigenvalue weighted by atomic mass is 16.5. The summed E-state index contributed by atoms with van der Waals surface area (Å²) in [5.41, 5.74) is 1.89. The van der Waals surface area contributed by atoms with E-state index in [2.05, 4.69) is 31.1 Å². The van der Waals surface area contributed by atoms with Gasteiger partial charge in [0, 0.05) is 50.6 Å². The maximum absolute atomic E-state index is 12.5. The Balaban J connectivity index is 1.20. The van der Waals surface area contributed by atoms with Crippen molar-refractivity contribution in [2.24, 2.45) is 0 Å². The fourth-order valence-corrected chi connectivity index (χ4v) is 4.39. The van der Waals surface area contributed by atoms with Gasteiger partial charge in [-0.25, -0.2) is 10.1 Å². The van der Waals surface area contributed by atoms with Gasteiger partial charge in [-0.15, -0.1) is 0 Å². The number of pyridine rings is 1. The zero-order chi connectivity index (χ0) is 23.9. The molecular formula is C24H29N7O3. The van der Waals surface area contributed by atoms with Gasteiger partial charge in [0.1, 0.15) is 11.9 Å². The molecule has 0 aliphatic carbocycles. The Hall–Kier alpha value is -3.71. The number of amides is 1. The number of carbonyl (C=O) groups excluding carboxylic acids is 1. The fraction of sp³-hybridized carbons (Fsp3) is 0.458. The van der Waals surface area contributed by atoms with Crippen molar-refractivity contribution >= 4 is 17.4 Å². The third-order valence-electron chi connectivity index (χ3n) is 6.34. The lowest BCUT2D eigenvalue weighted by Crippen LogP contribution is -2.48. The molecule has 4 rings (SSSR count). The van der Waals surface area contributed by atoms with Crippen LogP contribution in [0.4, 0.5) is 11.5 Å². The Bertz CT molecular complexity index is 1110. The summed E-state index contributed by atoms with van der Waals surface area (Å²) in [5, 5.41) is 15.3. The molecule has 178 valence electrons. The van der Waals surface area contributed by atoms with Crippen molar-refractivity contribution < 1.29 is 9.53 Å². The number of hydrogen-bond acceptors (Lipinski definition) is 8. The molecule has 0 aromatic carbocycles. The van der Waals surface area contributed by atoms with Crippen LogP contribution in [-0.2, 0) is 9.53 Å². The number of piperazine rings is 1. The average molecular weight is 464 g/mol. The molecule has 2 aliphatic heterocycles. The first-order valence-corrected chi connectivity index (χ1v) is 11.5. The molecule has 0 spiro atoms.